The molecule has 1 rings (SSSR count). The molecule has 1 aliphatic rings. The van der Waals surface area contributed by atoms with Crippen LogP contribution in [-0.2, 0) is 0 Å². The first-order valence-electron chi connectivity index (χ1n) is 5.74. The summed E-state index contributed by atoms with van der Waals surface area (Å²) in [5.74, 6) is 3.05. The number of hydrogen-bond donors (Lipinski definition) is 0. The van der Waals surface area contributed by atoms with Gasteiger partial charge in [-0.25, -0.2) is 0 Å². The van der Waals surface area contributed by atoms with Gasteiger partial charge >= 0.3 is 0 Å². The molecule has 0 saturated heterocycles. The zero-order chi connectivity index (χ0) is 9.56. The van der Waals surface area contributed by atoms with Crippen molar-refractivity contribution < 1.29 is 0 Å². The summed E-state index contributed by atoms with van der Waals surface area (Å²) in [5, 5.41) is 0. The van der Waals surface area contributed by atoms with Crippen LogP contribution in [-0.4, -0.2) is 0 Å². The SMILES string of the molecule is CC.CCC(C)C1CCC(C)C1. The Morgan fingerprint density at radius 2 is 1.83 bits per heavy atom. The second kappa shape index (κ2) is 6.51. The van der Waals surface area contributed by atoms with Crippen molar-refractivity contribution in [3.8, 4) is 0 Å². The summed E-state index contributed by atoms with van der Waals surface area (Å²) in [7, 11) is 0. The van der Waals surface area contributed by atoms with Crippen LogP contribution in [0, 0.1) is 17.8 Å². The molecular weight excluding hydrogens is 144 g/mol. The molecule has 0 heterocycles. The summed E-state index contributed by atoms with van der Waals surface area (Å²) in [4.78, 5) is 0. The molecule has 0 nitrogen and oxygen atoms in total. The van der Waals surface area contributed by atoms with Gasteiger partial charge in [-0.1, -0.05) is 47.5 Å². The Balaban J connectivity index is 0.000000561. The Kier molecular flexibility index (Phi) is 6.51. The van der Waals surface area contributed by atoms with Gasteiger partial charge in [-0.15, -0.1) is 0 Å². The highest BCUT2D eigenvalue weighted by molar-refractivity contribution is 4.75. The molecule has 74 valence electrons. The minimum Gasteiger partial charge on any atom is -0.0683 e. The first-order valence-corrected chi connectivity index (χ1v) is 5.74. The Bertz CT molecular complexity index is 96.2. The van der Waals surface area contributed by atoms with Crippen LogP contribution in [0.15, 0.2) is 0 Å². The summed E-state index contributed by atoms with van der Waals surface area (Å²) < 4.78 is 0. The molecule has 12 heavy (non-hydrogen) atoms. The molecule has 3 unspecified atom stereocenters. The summed E-state index contributed by atoms with van der Waals surface area (Å²) in [6, 6.07) is 0. The maximum atomic E-state index is 2.41. The van der Waals surface area contributed by atoms with E-state index in [-0.39, 0.29) is 0 Å². The molecule has 0 aromatic carbocycles. The van der Waals surface area contributed by atoms with E-state index in [2.05, 4.69) is 20.8 Å². The molecule has 0 bridgehead atoms. The van der Waals surface area contributed by atoms with E-state index in [1.807, 2.05) is 13.8 Å². The van der Waals surface area contributed by atoms with Crippen LogP contribution in [0.25, 0.3) is 0 Å². The highest BCUT2D eigenvalue weighted by atomic mass is 14.3. The molecule has 3 atom stereocenters. The van der Waals surface area contributed by atoms with Crippen molar-refractivity contribution in [1.29, 1.82) is 0 Å². The van der Waals surface area contributed by atoms with Gasteiger partial charge in [0.15, 0.2) is 0 Å². The summed E-state index contributed by atoms with van der Waals surface area (Å²) in [6.07, 6.45) is 5.84. The quantitative estimate of drug-likeness (QED) is 0.572. The van der Waals surface area contributed by atoms with Gasteiger partial charge < -0.3 is 0 Å². The smallest absolute Gasteiger partial charge is 0.0386 e. The first kappa shape index (κ1) is 12.0. The van der Waals surface area contributed by atoms with Crippen molar-refractivity contribution in [3.63, 3.8) is 0 Å². The third kappa shape index (κ3) is 3.60. The average Bonchev–Trinajstić information content (AvgIpc) is 2.54. The van der Waals surface area contributed by atoms with E-state index in [1.165, 1.54) is 25.7 Å². The number of hydrogen-bond acceptors (Lipinski definition) is 0. The minimum atomic E-state index is 0.977. The molecule has 0 N–H and O–H groups in total. The van der Waals surface area contributed by atoms with Crippen LogP contribution >= 0.6 is 0 Å². The van der Waals surface area contributed by atoms with E-state index in [4.69, 9.17) is 0 Å². The zero-order valence-electron chi connectivity index (χ0n) is 9.56. The fourth-order valence-corrected chi connectivity index (χ4v) is 2.10. The van der Waals surface area contributed by atoms with Gasteiger partial charge in [-0.2, -0.15) is 0 Å². The highest BCUT2D eigenvalue weighted by Gasteiger charge is 2.24. The van der Waals surface area contributed by atoms with Crippen molar-refractivity contribution in [3.05, 3.63) is 0 Å². The van der Waals surface area contributed by atoms with Gasteiger partial charge in [0, 0.05) is 0 Å². The summed E-state index contributed by atoms with van der Waals surface area (Å²) in [5.41, 5.74) is 0. The lowest BCUT2D eigenvalue weighted by Crippen LogP contribution is -2.06. The van der Waals surface area contributed by atoms with Crippen molar-refractivity contribution >= 4 is 0 Å². The molecular formula is C12H26. The molecule has 1 aliphatic carbocycles. The van der Waals surface area contributed by atoms with Crippen LogP contribution < -0.4 is 0 Å². The van der Waals surface area contributed by atoms with E-state index in [0.29, 0.717) is 0 Å². The Labute approximate surface area is 78.8 Å². The van der Waals surface area contributed by atoms with E-state index < -0.39 is 0 Å². The molecule has 1 saturated carbocycles. The van der Waals surface area contributed by atoms with Gasteiger partial charge in [0.25, 0.3) is 0 Å². The maximum absolute atomic E-state index is 2.41. The van der Waals surface area contributed by atoms with Crippen LogP contribution in [0.2, 0.25) is 0 Å². The molecule has 0 aliphatic heterocycles. The third-order valence-electron chi connectivity index (χ3n) is 3.18. The number of rotatable bonds is 2. The summed E-state index contributed by atoms with van der Waals surface area (Å²) in [6.45, 7) is 11.1. The Morgan fingerprint density at radius 1 is 1.25 bits per heavy atom. The molecule has 0 aromatic heterocycles. The van der Waals surface area contributed by atoms with Gasteiger partial charge in [-0.3, -0.25) is 0 Å². The third-order valence-corrected chi connectivity index (χ3v) is 3.18. The molecule has 1 fully saturated rings. The predicted octanol–water partition coefficient (Wildman–Crippen LogP) is 4.49. The first-order chi connectivity index (χ1) is 5.74. The minimum absolute atomic E-state index is 0.977. The average molecular weight is 170 g/mol. The van der Waals surface area contributed by atoms with Crippen molar-refractivity contribution in [2.24, 2.45) is 17.8 Å². The van der Waals surface area contributed by atoms with Gasteiger partial charge in [0.2, 0.25) is 0 Å². The topological polar surface area (TPSA) is 0 Å². The van der Waals surface area contributed by atoms with Crippen LogP contribution in [0.5, 0.6) is 0 Å². The second-order valence-corrected chi connectivity index (χ2v) is 4.06. The monoisotopic (exact) mass is 170 g/mol. The van der Waals surface area contributed by atoms with Crippen LogP contribution in [0.4, 0.5) is 0 Å². The Morgan fingerprint density at radius 3 is 2.17 bits per heavy atom. The Hall–Kier alpha value is 0. The van der Waals surface area contributed by atoms with Crippen molar-refractivity contribution in [1.82, 2.24) is 0 Å². The fraction of sp³-hybridized carbons (Fsp3) is 1.00. The highest BCUT2D eigenvalue weighted by Crippen LogP contribution is 2.36. The van der Waals surface area contributed by atoms with E-state index >= 15 is 0 Å². The lowest BCUT2D eigenvalue weighted by atomic mass is 9.90. The van der Waals surface area contributed by atoms with Gasteiger partial charge in [0.05, 0.1) is 0 Å². The molecule has 0 amide bonds. The van der Waals surface area contributed by atoms with Crippen LogP contribution in [0.1, 0.15) is 60.3 Å². The molecule has 0 radical (unpaired) electrons. The lowest BCUT2D eigenvalue weighted by Gasteiger charge is -2.16. The maximum Gasteiger partial charge on any atom is -0.0386 e. The van der Waals surface area contributed by atoms with E-state index in [1.54, 1.807) is 0 Å². The van der Waals surface area contributed by atoms with Gasteiger partial charge in [-0.05, 0) is 30.6 Å². The molecule has 0 spiro atoms. The lowest BCUT2D eigenvalue weighted by molar-refractivity contribution is 0.348. The van der Waals surface area contributed by atoms with Crippen LogP contribution in [0.3, 0.4) is 0 Å². The fourth-order valence-electron chi connectivity index (χ4n) is 2.10. The zero-order valence-corrected chi connectivity index (χ0v) is 9.56. The van der Waals surface area contributed by atoms with Crippen molar-refractivity contribution in [2.45, 2.75) is 60.3 Å². The van der Waals surface area contributed by atoms with Gasteiger partial charge in [0.1, 0.15) is 0 Å². The van der Waals surface area contributed by atoms with E-state index in [9.17, 15) is 0 Å². The summed E-state index contributed by atoms with van der Waals surface area (Å²) >= 11 is 0. The predicted molar refractivity (Wildman–Crippen MR) is 57.3 cm³/mol. The second-order valence-electron chi connectivity index (χ2n) is 4.06. The standard InChI is InChI=1S/C10H20.C2H6/c1-4-9(3)10-6-5-8(2)7-10;1-2/h8-10H,4-7H2,1-3H3;1-2H3. The molecule has 0 heteroatoms. The largest absolute Gasteiger partial charge is 0.0683 e. The van der Waals surface area contributed by atoms with Crippen molar-refractivity contribution in [2.75, 3.05) is 0 Å². The molecule has 0 aromatic rings. The van der Waals surface area contributed by atoms with E-state index in [0.717, 1.165) is 17.8 Å². The normalized spacial score (nSPS) is 30.8.